The Labute approximate surface area is 159 Å². The second-order valence-electron chi connectivity index (χ2n) is 6.01. The van der Waals surface area contributed by atoms with E-state index in [-0.39, 0.29) is 0 Å². The van der Waals surface area contributed by atoms with Crippen molar-refractivity contribution in [1.82, 2.24) is 9.80 Å². The van der Waals surface area contributed by atoms with E-state index < -0.39 is 0 Å². The number of nitrogens with one attached hydrogen (secondary N) is 1. The molecule has 1 heterocycles. The maximum Gasteiger partial charge on any atom is 0.173 e. The van der Waals surface area contributed by atoms with Crippen LogP contribution in [0.3, 0.4) is 0 Å². The first kappa shape index (κ1) is 17.9. The lowest BCUT2D eigenvalue weighted by atomic mass is 10.2. The lowest BCUT2D eigenvalue weighted by Gasteiger charge is -2.35. The van der Waals surface area contributed by atoms with Crippen molar-refractivity contribution >= 4 is 40.7 Å². The van der Waals surface area contributed by atoms with Crippen molar-refractivity contribution in [3.05, 3.63) is 71.3 Å². The summed E-state index contributed by atoms with van der Waals surface area (Å²) < 4.78 is 0. The Kier molecular flexibility index (Phi) is 6.45. The van der Waals surface area contributed by atoms with Gasteiger partial charge in [0, 0.05) is 32.7 Å². The molecule has 1 aliphatic rings. The van der Waals surface area contributed by atoms with Crippen molar-refractivity contribution in [2.45, 2.75) is 0 Å². The number of halogens is 1. The van der Waals surface area contributed by atoms with Crippen LogP contribution in [0, 0.1) is 0 Å². The molecule has 1 N–H and O–H groups in total. The number of hydrogen-bond donors (Lipinski definition) is 1. The average molecular weight is 372 g/mol. The molecule has 2 aromatic rings. The lowest BCUT2D eigenvalue weighted by Crippen LogP contribution is -2.49. The molecule has 0 unspecified atom stereocenters. The third kappa shape index (κ3) is 5.30. The quantitative estimate of drug-likeness (QED) is 0.804. The van der Waals surface area contributed by atoms with Crippen LogP contribution in [0.15, 0.2) is 60.7 Å². The molecule has 0 saturated carbocycles. The van der Waals surface area contributed by atoms with Crippen LogP contribution in [0.25, 0.3) is 6.08 Å². The number of thiocarbonyl (C=S) groups is 1. The van der Waals surface area contributed by atoms with E-state index in [0.29, 0.717) is 5.02 Å². The van der Waals surface area contributed by atoms with Crippen molar-refractivity contribution in [2.75, 3.05) is 38.0 Å². The first-order valence-electron chi connectivity index (χ1n) is 8.47. The maximum atomic E-state index is 6.18. The molecule has 0 atom stereocenters. The summed E-state index contributed by atoms with van der Waals surface area (Å²) in [5.41, 5.74) is 2.11. The Morgan fingerprint density at radius 1 is 1.00 bits per heavy atom. The van der Waals surface area contributed by atoms with Gasteiger partial charge in [0.05, 0.1) is 10.7 Å². The highest BCUT2D eigenvalue weighted by Gasteiger charge is 2.18. The Hall–Kier alpha value is -1.88. The highest BCUT2D eigenvalue weighted by molar-refractivity contribution is 7.80. The number of rotatable bonds is 4. The second kappa shape index (κ2) is 8.99. The summed E-state index contributed by atoms with van der Waals surface area (Å²) >= 11 is 11.7. The second-order valence-corrected chi connectivity index (χ2v) is 6.80. The summed E-state index contributed by atoms with van der Waals surface area (Å²) in [5, 5.41) is 4.68. The fourth-order valence-electron chi connectivity index (χ4n) is 2.79. The number of para-hydroxylation sites is 1. The van der Waals surface area contributed by atoms with Crippen LogP contribution in [0.2, 0.25) is 5.02 Å². The SMILES string of the molecule is S=C(Nc1ccccc1Cl)N1CCN(C/C=C\c2ccccc2)CC1. The summed E-state index contributed by atoms with van der Waals surface area (Å²) in [5.74, 6) is 0. The van der Waals surface area contributed by atoms with E-state index in [4.69, 9.17) is 23.8 Å². The molecule has 0 aromatic heterocycles. The predicted molar refractivity (Wildman–Crippen MR) is 111 cm³/mol. The monoisotopic (exact) mass is 371 g/mol. The van der Waals surface area contributed by atoms with Crippen LogP contribution in [0.5, 0.6) is 0 Å². The van der Waals surface area contributed by atoms with E-state index in [0.717, 1.165) is 43.5 Å². The molecule has 1 aliphatic heterocycles. The Balaban J connectivity index is 1.44. The smallest absolute Gasteiger partial charge is 0.173 e. The van der Waals surface area contributed by atoms with Gasteiger partial charge in [0.2, 0.25) is 0 Å². The molecule has 3 nitrogen and oxygen atoms in total. The maximum absolute atomic E-state index is 6.18. The molecule has 0 radical (unpaired) electrons. The minimum absolute atomic E-state index is 0.689. The highest BCUT2D eigenvalue weighted by Crippen LogP contribution is 2.21. The first-order chi connectivity index (χ1) is 12.2. The van der Waals surface area contributed by atoms with E-state index in [9.17, 15) is 0 Å². The Morgan fingerprint density at radius 2 is 1.68 bits per heavy atom. The normalized spacial score (nSPS) is 15.5. The zero-order valence-corrected chi connectivity index (χ0v) is 15.6. The van der Waals surface area contributed by atoms with Crippen LogP contribution in [0.4, 0.5) is 5.69 Å². The standard InChI is InChI=1S/C20H22ClN3S/c21-18-10-4-5-11-19(18)22-20(25)24-15-13-23(14-16-24)12-6-9-17-7-2-1-3-8-17/h1-11H,12-16H2,(H,22,25)/b9-6-. The predicted octanol–water partition coefficient (Wildman–Crippen LogP) is 4.37. The molecule has 1 fully saturated rings. The molecule has 130 valence electrons. The van der Waals surface area contributed by atoms with Gasteiger partial charge in [0.15, 0.2) is 5.11 Å². The van der Waals surface area contributed by atoms with Crippen molar-refractivity contribution in [2.24, 2.45) is 0 Å². The molecular weight excluding hydrogens is 350 g/mol. The fraction of sp³-hybridized carbons (Fsp3) is 0.250. The van der Waals surface area contributed by atoms with Gasteiger partial charge in [-0.25, -0.2) is 0 Å². The van der Waals surface area contributed by atoms with E-state index in [1.807, 2.05) is 30.3 Å². The fourth-order valence-corrected chi connectivity index (χ4v) is 3.27. The molecule has 0 amide bonds. The first-order valence-corrected chi connectivity index (χ1v) is 9.25. The summed E-state index contributed by atoms with van der Waals surface area (Å²) in [6, 6.07) is 18.1. The summed E-state index contributed by atoms with van der Waals surface area (Å²) in [7, 11) is 0. The van der Waals surface area contributed by atoms with E-state index in [2.05, 4.69) is 51.5 Å². The van der Waals surface area contributed by atoms with Crippen molar-refractivity contribution in [3.63, 3.8) is 0 Å². The molecule has 0 aliphatic carbocycles. The van der Waals surface area contributed by atoms with Gasteiger partial charge in [0.1, 0.15) is 0 Å². The summed E-state index contributed by atoms with van der Waals surface area (Å²) in [6.45, 7) is 4.82. The number of anilines is 1. The zero-order chi connectivity index (χ0) is 17.5. The number of benzene rings is 2. The average Bonchev–Trinajstić information content (AvgIpc) is 2.65. The minimum atomic E-state index is 0.689. The van der Waals surface area contributed by atoms with Gasteiger partial charge in [-0.1, -0.05) is 66.2 Å². The topological polar surface area (TPSA) is 18.5 Å². The zero-order valence-electron chi connectivity index (χ0n) is 14.1. The van der Waals surface area contributed by atoms with Gasteiger partial charge >= 0.3 is 0 Å². The highest BCUT2D eigenvalue weighted by atomic mass is 35.5. The van der Waals surface area contributed by atoms with Gasteiger partial charge in [-0.3, -0.25) is 4.90 Å². The van der Waals surface area contributed by atoms with E-state index >= 15 is 0 Å². The van der Waals surface area contributed by atoms with Crippen LogP contribution >= 0.6 is 23.8 Å². The summed E-state index contributed by atoms with van der Waals surface area (Å²) in [6.07, 6.45) is 4.40. The van der Waals surface area contributed by atoms with E-state index in [1.165, 1.54) is 5.56 Å². The third-order valence-electron chi connectivity index (χ3n) is 4.25. The van der Waals surface area contributed by atoms with E-state index in [1.54, 1.807) is 0 Å². The van der Waals surface area contributed by atoms with Crippen molar-refractivity contribution in [3.8, 4) is 0 Å². The van der Waals surface area contributed by atoms with Crippen molar-refractivity contribution in [1.29, 1.82) is 0 Å². The van der Waals surface area contributed by atoms with Gasteiger partial charge < -0.3 is 10.2 Å². The molecule has 0 bridgehead atoms. The molecule has 5 heteroatoms. The largest absolute Gasteiger partial charge is 0.346 e. The molecule has 3 rings (SSSR count). The van der Waals surface area contributed by atoms with Gasteiger partial charge in [-0.15, -0.1) is 0 Å². The molecule has 0 spiro atoms. The van der Waals surface area contributed by atoms with Crippen LogP contribution < -0.4 is 5.32 Å². The van der Waals surface area contributed by atoms with Gasteiger partial charge in [-0.2, -0.15) is 0 Å². The minimum Gasteiger partial charge on any atom is -0.346 e. The van der Waals surface area contributed by atoms with Crippen LogP contribution in [-0.4, -0.2) is 47.6 Å². The number of piperazine rings is 1. The molecule has 2 aromatic carbocycles. The lowest BCUT2D eigenvalue weighted by molar-refractivity contribution is 0.200. The Bertz CT molecular complexity index is 725. The third-order valence-corrected chi connectivity index (χ3v) is 4.94. The number of hydrogen-bond acceptors (Lipinski definition) is 2. The molecule has 25 heavy (non-hydrogen) atoms. The molecular formula is C20H22ClN3S. The van der Waals surface area contributed by atoms with Crippen LogP contribution in [0.1, 0.15) is 5.56 Å². The van der Waals surface area contributed by atoms with Gasteiger partial charge in [0.25, 0.3) is 0 Å². The Morgan fingerprint density at radius 3 is 2.40 bits per heavy atom. The van der Waals surface area contributed by atoms with Crippen molar-refractivity contribution < 1.29 is 0 Å². The molecule has 1 saturated heterocycles. The number of nitrogens with zero attached hydrogens (tertiary/aromatic N) is 2. The van der Waals surface area contributed by atoms with Gasteiger partial charge in [-0.05, 0) is 29.9 Å². The van der Waals surface area contributed by atoms with Crippen LogP contribution in [-0.2, 0) is 0 Å². The summed E-state index contributed by atoms with van der Waals surface area (Å²) in [4.78, 5) is 4.64.